The third-order valence-electron chi connectivity index (χ3n) is 9.32. The van der Waals surface area contributed by atoms with Crippen molar-refractivity contribution in [1.82, 2.24) is 19.6 Å². The van der Waals surface area contributed by atoms with Crippen molar-refractivity contribution in [2.24, 2.45) is 11.8 Å². The topological polar surface area (TPSA) is 111 Å². The van der Waals surface area contributed by atoms with Gasteiger partial charge in [0.05, 0.1) is 10.4 Å². The molecule has 0 unspecified atom stereocenters. The van der Waals surface area contributed by atoms with E-state index in [4.69, 9.17) is 9.97 Å². The highest BCUT2D eigenvalue weighted by Crippen LogP contribution is 2.32. The molecular weight excluding hydrogens is 586 g/mol. The zero-order valence-corrected chi connectivity index (χ0v) is 27.2. The molecule has 0 radical (unpaired) electrons. The highest BCUT2D eigenvalue weighted by atomic mass is 32.2. The van der Waals surface area contributed by atoms with Gasteiger partial charge in [0, 0.05) is 82.1 Å². The first-order chi connectivity index (χ1) is 21.7. The molecule has 2 N–H and O–H groups in total. The van der Waals surface area contributed by atoms with E-state index in [1.165, 1.54) is 0 Å². The molecule has 1 amide bonds. The molecule has 2 aliphatic rings. The maximum atomic E-state index is 13.4. The highest BCUT2D eigenvalue weighted by Gasteiger charge is 2.26. The number of carbonyl (C=O) groups excluding carboxylic acids is 1. The lowest BCUT2D eigenvalue weighted by Crippen LogP contribution is -2.48. The summed E-state index contributed by atoms with van der Waals surface area (Å²) >= 11 is 0. The Morgan fingerprint density at radius 1 is 0.822 bits per heavy atom. The Bertz CT molecular complexity index is 1780. The minimum atomic E-state index is -3.65. The number of benzene rings is 3. The van der Waals surface area contributed by atoms with Gasteiger partial charge in [-0.3, -0.25) is 4.79 Å². The van der Waals surface area contributed by atoms with E-state index in [9.17, 15) is 13.2 Å². The average molecular weight is 630 g/mol. The van der Waals surface area contributed by atoms with Crippen molar-refractivity contribution in [2.45, 2.75) is 37.5 Å². The summed E-state index contributed by atoms with van der Waals surface area (Å²) in [4.78, 5) is 28.0. The number of hydrogen-bond donors (Lipinski definition) is 2. The molecule has 4 aromatic rings. The Balaban J connectivity index is 1.05. The molecule has 0 bridgehead atoms. The minimum Gasteiger partial charge on any atom is -0.377 e. The van der Waals surface area contributed by atoms with E-state index in [0.29, 0.717) is 42.3 Å². The number of sulfonamides is 1. The van der Waals surface area contributed by atoms with Crippen LogP contribution >= 0.6 is 0 Å². The van der Waals surface area contributed by atoms with Crippen LogP contribution in [-0.4, -0.2) is 82.6 Å². The summed E-state index contributed by atoms with van der Waals surface area (Å²) in [5.74, 6) is 2.42. The van der Waals surface area contributed by atoms with Crippen molar-refractivity contribution in [2.75, 3.05) is 68.5 Å². The second kappa shape index (κ2) is 13.2. The van der Waals surface area contributed by atoms with E-state index >= 15 is 0 Å². The molecule has 3 aromatic carbocycles. The Morgan fingerprint density at radius 2 is 1.47 bits per heavy atom. The average Bonchev–Trinajstić information content (AvgIpc) is 3.06. The zero-order valence-electron chi connectivity index (χ0n) is 26.4. The van der Waals surface area contributed by atoms with Gasteiger partial charge in [-0.25, -0.2) is 18.1 Å². The van der Waals surface area contributed by atoms with E-state index in [2.05, 4.69) is 21.0 Å². The number of para-hydroxylation sites is 1. The maximum absolute atomic E-state index is 13.4. The molecule has 2 fully saturated rings. The smallest absolute Gasteiger partial charge is 0.241 e. The molecule has 1 saturated carbocycles. The van der Waals surface area contributed by atoms with Crippen LogP contribution in [-0.2, 0) is 14.8 Å². The quantitative estimate of drug-likeness (QED) is 0.274. The third kappa shape index (κ3) is 6.84. The molecule has 238 valence electrons. The molecule has 1 aromatic heterocycles. The van der Waals surface area contributed by atoms with Gasteiger partial charge in [-0.15, -0.1) is 0 Å². The van der Waals surface area contributed by atoms with Crippen LogP contribution in [0.4, 0.5) is 17.5 Å². The fourth-order valence-corrected chi connectivity index (χ4v) is 8.02. The lowest BCUT2D eigenvalue weighted by molar-refractivity contribution is -0.129. The number of nitrogens with one attached hydrogen (secondary N) is 2. The van der Waals surface area contributed by atoms with Crippen LogP contribution in [0.15, 0.2) is 65.6 Å². The molecule has 2 heterocycles. The number of carbonyl (C=O) groups is 1. The molecule has 10 nitrogen and oxygen atoms in total. The van der Waals surface area contributed by atoms with E-state index in [1.807, 2.05) is 72.4 Å². The third-order valence-corrected chi connectivity index (χ3v) is 10.8. The maximum Gasteiger partial charge on any atom is 0.241 e. The number of amides is 1. The van der Waals surface area contributed by atoms with Gasteiger partial charge in [-0.1, -0.05) is 36.4 Å². The van der Waals surface area contributed by atoms with Crippen molar-refractivity contribution in [3.8, 4) is 0 Å². The number of nitrogens with zero attached hydrogens (tertiary/aromatic N) is 5. The Labute approximate surface area is 265 Å². The van der Waals surface area contributed by atoms with Crippen molar-refractivity contribution in [3.05, 3.63) is 60.7 Å². The number of aromatic nitrogens is 2. The lowest BCUT2D eigenvalue weighted by Gasteiger charge is -2.35. The summed E-state index contributed by atoms with van der Waals surface area (Å²) < 4.78 is 29.7. The second-order valence-electron chi connectivity index (χ2n) is 12.5. The van der Waals surface area contributed by atoms with E-state index in [-0.39, 0.29) is 5.91 Å². The summed E-state index contributed by atoms with van der Waals surface area (Å²) in [7, 11) is 0.282. The molecule has 45 heavy (non-hydrogen) atoms. The van der Waals surface area contributed by atoms with E-state index in [1.54, 1.807) is 13.0 Å². The van der Waals surface area contributed by atoms with Crippen molar-refractivity contribution in [3.63, 3.8) is 0 Å². The summed E-state index contributed by atoms with van der Waals surface area (Å²) in [6, 6.07) is 19.4. The first-order valence-corrected chi connectivity index (χ1v) is 17.4. The fraction of sp³-hybridized carbons (Fsp3) is 0.441. The first kappa shape index (κ1) is 31.0. The molecule has 1 aliphatic carbocycles. The monoisotopic (exact) mass is 629 g/mol. The molecular formula is C34H43N7O3S. The fourth-order valence-electron chi connectivity index (χ4n) is 6.68. The number of hydrogen-bond acceptors (Lipinski definition) is 8. The summed E-state index contributed by atoms with van der Waals surface area (Å²) in [5.41, 5.74) is 1.90. The molecule has 1 saturated heterocycles. The Hall–Kier alpha value is -3.96. The molecule has 0 spiro atoms. The summed E-state index contributed by atoms with van der Waals surface area (Å²) in [6.07, 6.45) is 3.99. The van der Waals surface area contributed by atoms with Crippen LogP contribution in [0, 0.1) is 11.8 Å². The van der Waals surface area contributed by atoms with Gasteiger partial charge >= 0.3 is 0 Å². The Kier molecular flexibility index (Phi) is 9.09. The number of fused-ring (bicyclic) bond motifs is 2. The van der Waals surface area contributed by atoms with E-state index in [0.717, 1.165) is 78.5 Å². The predicted molar refractivity (Wildman–Crippen MR) is 181 cm³/mol. The number of piperazine rings is 1. The van der Waals surface area contributed by atoms with Crippen LogP contribution in [0.1, 0.15) is 32.6 Å². The van der Waals surface area contributed by atoms with Crippen LogP contribution in [0.25, 0.3) is 21.7 Å². The van der Waals surface area contributed by atoms with Gasteiger partial charge in [-0.05, 0) is 61.8 Å². The molecule has 0 atom stereocenters. The SMILES string of the molecule is CC(=O)N1CCN(c2nc(NC[C@H]3CC[C@H](CNS(=O)(=O)c4cccc5c(N(C)C)cccc45)CC3)nc3ccccc23)CC1. The van der Waals surface area contributed by atoms with Crippen LogP contribution in [0.5, 0.6) is 0 Å². The number of anilines is 3. The minimum absolute atomic E-state index is 0.111. The van der Waals surface area contributed by atoms with Gasteiger partial charge < -0.3 is 20.0 Å². The first-order valence-electron chi connectivity index (χ1n) is 15.9. The van der Waals surface area contributed by atoms with Crippen LogP contribution in [0.2, 0.25) is 0 Å². The van der Waals surface area contributed by atoms with Crippen LogP contribution < -0.4 is 19.8 Å². The standard InChI is InChI=1S/C34H43N7O3S/c1-24(42)40-18-20-41(21-19-40)33-29-8-4-5-11-30(29)37-34(38-33)35-22-25-14-16-26(17-15-25)23-36-45(43,44)32-13-7-9-27-28(32)10-6-12-31(27)39(2)3/h4-13,25-26,36H,14-23H2,1-3H3,(H,35,37,38)/t25-,26-. The zero-order chi connectivity index (χ0) is 31.6. The van der Waals surface area contributed by atoms with Crippen LogP contribution in [0.3, 0.4) is 0 Å². The molecule has 1 aliphatic heterocycles. The van der Waals surface area contributed by atoms with Gasteiger partial charge in [0.2, 0.25) is 21.9 Å². The summed E-state index contributed by atoms with van der Waals surface area (Å²) in [5, 5.41) is 6.19. The van der Waals surface area contributed by atoms with E-state index < -0.39 is 10.0 Å². The highest BCUT2D eigenvalue weighted by molar-refractivity contribution is 7.89. The van der Waals surface area contributed by atoms with Gasteiger partial charge in [0.1, 0.15) is 5.82 Å². The molecule has 11 heteroatoms. The molecule has 6 rings (SSSR count). The van der Waals surface area contributed by atoms with Gasteiger partial charge in [0.15, 0.2) is 0 Å². The van der Waals surface area contributed by atoms with Gasteiger partial charge in [0.25, 0.3) is 0 Å². The summed E-state index contributed by atoms with van der Waals surface area (Å²) in [6.45, 7) is 5.70. The van der Waals surface area contributed by atoms with Gasteiger partial charge in [-0.2, -0.15) is 4.98 Å². The van der Waals surface area contributed by atoms with Crippen molar-refractivity contribution in [1.29, 1.82) is 0 Å². The Morgan fingerprint density at radius 3 is 2.18 bits per heavy atom. The second-order valence-corrected chi connectivity index (χ2v) is 14.3. The lowest BCUT2D eigenvalue weighted by atomic mass is 9.82. The van der Waals surface area contributed by atoms with Crippen molar-refractivity contribution >= 4 is 55.1 Å². The predicted octanol–water partition coefficient (Wildman–Crippen LogP) is 4.71. The van der Waals surface area contributed by atoms with Crippen molar-refractivity contribution < 1.29 is 13.2 Å². The largest absolute Gasteiger partial charge is 0.377 e. The number of rotatable bonds is 9. The normalized spacial score (nSPS) is 19.2.